The fourth-order valence-electron chi connectivity index (χ4n) is 1.15. The molecule has 1 heterocycles. The summed E-state index contributed by atoms with van der Waals surface area (Å²) in [4.78, 5) is 3.72. The van der Waals surface area contributed by atoms with E-state index >= 15 is 0 Å². The Balaban J connectivity index is 2.14. The number of hydrogen-bond donors (Lipinski definition) is 1. The monoisotopic (exact) mass is 236 g/mol. The topological polar surface area (TPSA) is 24.9 Å². The highest BCUT2D eigenvalue weighted by molar-refractivity contribution is 5.33. The van der Waals surface area contributed by atoms with E-state index in [1.807, 2.05) is 0 Å². The number of pyridine rings is 1. The second-order valence-electron chi connectivity index (χ2n) is 3.36. The molecule has 0 spiro atoms. The molecular formula is C10H12F4N2. The van der Waals surface area contributed by atoms with E-state index in [4.69, 9.17) is 0 Å². The first-order valence-corrected chi connectivity index (χ1v) is 4.89. The van der Waals surface area contributed by atoms with E-state index in [1.54, 1.807) is 0 Å². The van der Waals surface area contributed by atoms with Crippen molar-refractivity contribution in [1.82, 2.24) is 4.98 Å². The second-order valence-corrected chi connectivity index (χ2v) is 3.36. The van der Waals surface area contributed by atoms with Gasteiger partial charge in [0, 0.05) is 13.0 Å². The fourth-order valence-corrected chi connectivity index (χ4v) is 1.15. The number of alkyl halides is 3. The van der Waals surface area contributed by atoms with Crippen LogP contribution in [0.3, 0.4) is 0 Å². The number of unbranched alkanes of at least 4 members (excludes halogenated alkanes) is 1. The Morgan fingerprint density at radius 2 is 1.94 bits per heavy atom. The van der Waals surface area contributed by atoms with Gasteiger partial charge >= 0.3 is 6.18 Å². The largest absolute Gasteiger partial charge is 0.389 e. The molecule has 0 bridgehead atoms. The molecule has 16 heavy (non-hydrogen) atoms. The third-order valence-corrected chi connectivity index (χ3v) is 1.92. The van der Waals surface area contributed by atoms with Crippen LogP contribution in [0.15, 0.2) is 18.3 Å². The molecule has 0 unspecified atom stereocenters. The molecule has 0 aromatic carbocycles. The molecule has 0 radical (unpaired) electrons. The Morgan fingerprint density at radius 1 is 1.19 bits per heavy atom. The van der Waals surface area contributed by atoms with Gasteiger partial charge in [0.2, 0.25) is 0 Å². The summed E-state index contributed by atoms with van der Waals surface area (Å²) in [7, 11) is 0. The molecule has 0 fully saturated rings. The maximum atomic E-state index is 12.4. The minimum atomic E-state index is -4.09. The van der Waals surface area contributed by atoms with Gasteiger partial charge < -0.3 is 5.32 Å². The average molecular weight is 236 g/mol. The zero-order chi connectivity index (χ0) is 12.0. The SMILES string of the molecule is Fc1ccc(NCCCCC(F)(F)F)nc1. The molecule has 6 heteroatoms. The van der Waals surface area contributed by atoms with Crippen molar-refractivity contribution >= 4 is 5.82 Å². The molecule has 0 amide bonds. The Morgan fingerprint density at radius 3 is 2.50 bits per heavy atom. The predicted octanol–water partition coefficient (Wildman–Crippen LogP) is 3.37. The molecule has 0 saturated carbocycles. The van der Waals surface area contributed by atoms with Crippen molar-refractivity contribution in [1.29, 1.82) is 0 Å². The van der Waals surface area contributed by atoms with Crippen LogP contribution in [0.1, 0.15) is 19.3 Å². The molecule has 0 aliphatic heterocycles. The van der Waals surface area contributed by atoms with Gasteiger partial charge in [0.1, 0.15) is 11.6 Å². The molecule has 0 atom stereocenters. The summed E-state index contributed by atoms with van der Waals surface area (Å²) in [6, 6.07) is 2.68. The number of rotatable bonds is 5. The third kappa shape index (κ3) is 5.53. The highest BCUT2D eigenvalue weighted by Gasteiger charge is 2.25. The number of halogens is 4. The Hall–Kier alpha value is -1.33. The number of nitrogens with one attached hydrogen (secondary N) is 1. The van der Waals surface area contributed by atoms with Crippen molar-refractivity contribution in [3.05, 3.63) is 24.1 Å². The minimum absolute atomic E-state index is 0.0810. The predicted molar refractivity (Wildman–Crippen MR) is 52.6 cm³/mol. The van der Waals surface area contributed by atoms with Crippen LogP contribution >= 0.6 is 0 Å². The molecule has 1 aromatic heterocycles. The minimum Gasteiger partial charge on any atom is -0.370 e. The second kappa shape index (κ2) is 5.67. The molecule has 0 aliphatic carbocycles. The van der Waals surface area contributed by atoms with Crippen LogP contribution in [0.4, 0.5) is 23.4 Å². The number of nitrogens with zero attached hydrogens (tertiary/aromatic N) is 1. The molecule has 1 aromatic rings. The molecule has 2 nitrogen and oxygen atoms in total. The lowest BCUT2D eigenvalue weighted by molar-refractivity contribution is -0.135. The van der Waals surface area contributed by atoms with E-state index in [-0.39, 0.29) is 6.42 Å². The lowest BCUT2D eigenvalue weighted by Gasteiger charge is -2.07. The Labute approximate surface area is 90.7 Å². The molecule has 90 valence electrons. The molecule has 0 saturated heterocycles. The average Bonchev–Trinajstić information content (AvgIpc) is 2.19. The fraction of sp³-hybridized carbons (Fsp3) is 0.500. The highest BCUT2D eigenvalue weighted by atomic mass is 19.4. The maximum Gasteiger partial charge on any atom is 0.389 e. The van der Waals surface area contributed by atoms with Gasteiger partial charge in [0.05, 0.1) is 6.20 Å². The van der Waals surface area contributed by atoms with Crippen LogP contribution < -0.4 is 5.32 Å². The van der Waals surface area contributed by atoms with Crippen molar-refractivity contribution in [2.75, 3.05) is 11.9 Å². The molecular weight excluding hydrogens is 224 g/mol. The summed E-state index contributed by atoms with van der Waals surface area (Å²) in [6.07, 6.45) is -3.33. The van der Waals surface area contributed by atoms with Crippen LogP contribution in [-0.4, -0.2) is 17.7 Å². The van der Waals surface area contributed by atoms with E-state index in [9.17, 15) is 17.6 Å². The van der Waals surface area contributed by atoms with Gasteiger partial charge in [-0.2, -0.15) is 13.2 Å². The smallest absolute Gasteiger partial charge is 0.370 e. The quantitative estimate of drug-likeness (QED) is 0.626. The van der Waals surface area contributed by atoms with Gasteiger partial charge in [0.15, 0.2) is 0 Å². The van der Waals surface area contributed by atoms with E-state index in [0.717, 1.165) is 6.20 Å². The first kappa shape index (κ1) is 12.7. The number of anilines is 1. The lowest BCUT2D eigenvalue weighted by Crippen LogP contribution is -2.09. The number of hydrogen-bond acceptors (Lipinski definition) is 2. The van der Waals surface area contributed by atoms with E-state index < -0.39 is 18.4 Å². The van der Waals surface area contributed by atoms with Gasteiger partial charge in [-0.25, -0.2) is 9.37 Å². The van der Waals surface area contributed by atoms with E-state index in [1.165, 1.54) is 12.1 Å². The van der Waals surface area contributed by atoms with Crippen LogP contribution in [0.25, 0.3) is 0 Å². The van der Waals surface area contributed by atoms with Gasteiger partial charge in [-0.3, -0.25) is 0 Å². The first-order valence-electron chi connectivity index (χ1n) is 4.89. The lowest BCUT2D eigenvalue weighted by atomic mass is 10.2. The van der Waals surface area contributed by atoms with Crippen molar-refractivity contribution in [2.24, 2.45) is 0 Å². The van der Waals surface area contributed by atoms with E-state index in [2.05, 4.69) is 10.3 Å². The summed E-state index contributed by atoms with van der Waals surface area (Å²) < 4.78 is 47.8. The zero-order valence-electron chi connectivity index (χ0n) is 8.52. The van der Waals surface area contributed by atoms with Crippen molar-refractivity contribution in [2.45, 2.75) is 25.4 Å². The number of aromatic nitrogens is 1. The standard InChI is InChI=1S/C10H12F4N2/c11-8-3-4-9(16-7-8)15-6-2-1-5-10(12,13)14/h3-4,7H,1-2,5-6H2,(H,15,16). The maximum absolute atomic E-state index is 12.4. The van der Waals surface area contributed by atoms with Crippen LogP contribution in [-0.2, 0) is 0 Å². The van der Waals surface area contributed by atoms with Gasteiger partial charge in [-0.05, 0) is 25.0 Å². The van der Waals surface area contributed by atoms with E-state index in [0.29, 0.717) is 18.8 Å². The summed E-state index contributed by atoms with van der Waals surface area (Å²) in [5.74, 6) is 0.0241. The zero-order valence-corrected chi connectivity index (χ0v) is 8.52. The molecule has 1 rings (SSSR count). The van der Waals surface area contributed by atoms with Gasteiger partial charge in [-0.15, -0.1) is 0 Å². The first-order chi connectivity index (χ1) is 7.47. The molecule has 0 aliphatic rings. The summed E-state index contributed by atoms with van der Waals surface area (Å²) in [6.45, 7) is 0.398. The summed E-state index contributed by atoms with van der Waals surface area (Å²) in [5.41, 5.74) is 0. The van der Waals surface area contributed by atoms with Crippen molar-refractivity contribution < 1.29 is 17.6 Å². The van der Waals surface area contributed by atoms with Crippen LogP contribution in [0.5, 0.6) is 0 Å². The Kier molecular flexibility index (Phi) is 4.52. The summed E-state index contributed by atoms with van der Waals surface area (Å²) in [5, 5.41) is 2.81. The highest BCUT2D eigenvalue weighted by Crippen LogP contribution is 2.22. The third-order valence-electron chi connectivity index (χ3n) is 1.92. The van der Waals surface area contributed by atoms with Crippen LogP contribution in [0.2, 0.25) is 0 Å². The van der Waals surface area contributed by atoms with Crippen LogP contribution in [0, 0.1) is 5.82 Å². The van der Waals surface area contributed by atoms with Gasteiger partial charge in [-0.1, -0.05) is 0 Å². The van der Waals surface area contributed by atoms with Crippen molar-refractivity contribution in [3.8, 4) is 0 Å². The van der Waals surface area contributed by atoms with Gasteiger partial charge in [0.25, 0.3) is 0 Å². The van der Waals surface area contributed by atoms with Crippen molar-refractivity contribution in [3.63, 3.8) is 0 Å². The molecule has 1 N–H and O–H groups in total. The summed E-state index contributed by atoms with van der Waals surface area (Å²) >= 11 is 0. The Bertz CT molecular complexity index is 308. The normalized spacial score (nSPS) is 11.5.